The maximum absolute atomic E-state index is 13.0. The van der Waals surface area contributed by atoms with Crippen molar-refractivity contribution in [2.75, 3.05) is 26.2 Å². The molecule has 6 heteroatoms. The van der Waals surface area contributed by atoms with Crippen LogP contribution in [0.2, 0.25) is 0 Å². The van der Waals surface area contributed by atoms with Crippen molar-refractivity contribution in [3.63, 3.8) is 0 Å². The van der Waals surface area contributed by atoms with Crippen LogP contribution >= 0.6 is 0 Å². The van der Waals surface area contributed by atoms with Crippen LogP contribution in [-0.2, 0) is 9.59 Å². The van der Waals surface area contributed by atoms with Gasteiger partial charge in [0.15, 0.2) is 11.5 Å². The van der Waals surface area contributed by atoms with Crippen molar-refractivity contribution in [2.24, 2.45) is 35.5 Å². The number of rotatable bonds is 5. The molecule has 2 heterocycles. The van der Waals surface area contributed by atoms with Crippen LogP contribution in [0.3, 0.4) is 0 Å². The van der Waals surface area contributed by atoms with Crippen LogP contribution in [0.25, 0.3) is 0 Å². The molecule has 0 spiro atoms. The lowest BCUT2D eigenvalue weighted by molar-refractivity contribution is -0.140. The molecule has 1 saturated carbocycles. The minimum absolute atomic E-state index is 0.0195. The number of nitrogens with one attached hydrogen (secondary N) is 1. The second-order valence-corrected chi connectivity index (χ2v) is 8.66. The largest absolute Gasteiger partial charge is 0.486 e. The Balaban J connectivity index is 1.05. The van der Waals surface area contributed by atoms with Crippen LogP contribution in [-0.4, -0.2) is 49.1 Å². The first kappa shape index (κ1) is 17.3. The zero-order valence-electron chi connectivity index (χ0n) is 16.1. The van der Waals surface area contributed by atoms with Crippen molar-refractivity contribution in [1.82, 2.24) is 10.2 Å². The Morgan fingerprint density at radius 3 is 2.17 bits per heavy atom. The fourth-order valence-electron chi connectivity index (χ4n) is 5.79. The number of nitrogens with zero attached hydrogens (tertiary/aromatic N) is 1. The van der Waals surface area contributed by atoms with Crippen LogP contribution in [0.4, 0.5) is 0 Å². The van der Waals surface area contributed by atoms with Gasteiger partial charge in [0, 0.05) is 19.6 Å². The quantitative estimate of drug-likeness (QED) is 0.469. The van der Waals surface area contributed by atoms with E-state index in [1.165, 1.54) is 4.90 Å². The lowest BCUT2D eigenvalue weighted by atomic mass is 9.50. The monoisotopic (exact) mass is 392 g/mol. The van der Waals surface area contributed by atoms with E-state index in [0.29, 0.717) is 38.1 Å². The number of ether oxygens (including phenoxy) is 2. The minimum atomic E-state index is -0.157. The summed E-state index contributed by atoms with van der Waals surface area (Å²) in [6, 6.07) is 7.64. The molecule has 2 bridgehead atoms. The molecular weight excluding hydrogens is 368 g/mol. The second-order valence-electron chi connectivity index (χ2n) is 8.66. The number of allylic oxidation sites excluding steroid dienone is 4. The molecule has 6 nitrogen and oxygen atoms in total. The molecule has 6 aliphatic rings. The molecule has 1 aromatic rings. The highest BCUT2D eigenvalue weighted by Crippen LogP contribution is 2.58. The van der Waals surface area contributed by atoms with E-state index >= 15 is 0 Å². The average Bonchev–Trinajstić information content (AvgIpc) is 2.97. The van der Waals surface area contributed by atoms with E-state index in [-0.39, 0.29) is 41.6 Å². The first-order valence-corrected chi connectivity index (χ1v) is 10.5. The van der Waals surface area contributed by atoms with Gasteiger partial charge in [0.25, 0.3) is 0 Å². The summed E-state index contributed by atoms with van der Waals surface area (Å²) in [5, 5.41) is 3.32. The van der Waals surface area contributed by atoms with E-state index < -0.39 is 0 Å². The van der Waals surface area contributed by atoms with Gasteiger partial charge < -0.3 is 14.8 Å². The van der Waals surface area contributed by atoms with Crippen LogP contribution in [0, 0.1) is 35.5 Å². The van der Waals surface area contributed by atoms with Crippen LogP contribution in [0.5, 0.6) is 11.5 Å². The maximum atomic E-state index is 13.0. The zero-order chi connectivity index (χ0) is 19.5. The molecule has 150 valence electrons. The van der Waals surface area contributed by atoms with Crippen molar-refractivity contribution < 1.29 is 19.1 Å². The first-order valence-electron chi connectivity index (χ1n) is 10.5. The molecule has 2 fully saturated rings. The SMILES string of the molecule is O=C1[C@@H]2C3C=CC([C@H]4C=C[C@@H]34)[C@@H]2C(=O)N1CCNCC1COc2ccccc2O1. The van der Waals surface area contributed by atoms with Gasteiger partial charge in [0.1, 0.15) is 12.7 Å². The van der Waals surface area contributed by atoms with Gasteiger partial charge in [-0.15, -0.1) is 0 Å². The van der Waals surface area contributed by atoms with Crippen molar-refractivity contribution >= 4 is 11.8 Å². The third kappa shape index (κ3) is 2.51. The van der Waals surface area contributed by atoms with Gasteiger partial charge in [-0.1, -0.05) is 36.4 Å². The Morgan fingerprint density at radius 1 is 0.897 bits per heavy atom. The van der Waals surface area contributed by atoms with Gasteiger partial charge >= 0.3 is 0 Å². The summed E-state index contributed by atoms with van der Waals surface area (Å²) in [5.74, 6) is 2.55. The van der Waals surface area contributed by atoms with E-state index in [1.54, 1.807) is 0 Å². The van der Waals surface area contributed by atoms with Crippen molar-refractivity contribution in [3.8, 4) is 11.5 Å². The molecule has 2 amide bonds. The van der Waals surface area contributed by atoms with Crippen molar-refractivity contribution in [3.05, 3.63) is 48.6 Å². The van der Waals surface area contributed by atoms with Gasteiger partial charge in [-0.3, -0.25) is 14.5 Å². The Hall–Kier alpha value is -2.60. The van der Waals surface area contributed by atoms with Crippen LogP contribution < -0.4 is 14.8 Å². The van der Waals surface area contributed by atoms with Crippen molar-refractivity contribution in [1.29, 1.82) is 0 Å². The second kappa shape index (κ2) is 6.46. The van der Waals surface area contributed by atoms with E-state index in [1.807, 2.05) is 24.3 Å². The lowest BCUT2D eigenvalue weighted by Gasteiger charge is -2.51. The van der Waals surface area contributed by atoms with Crippen LogP contribution in [0.15, 0.2) is 48.6 Å². The van der Waals surface area contributed by atoms with E-state index in [0.717, 1.165) is 11.5 Å². The number of likely N-dealkylation sites (tertiary alicyclic amines) is 1. The number of amides is 2. The van der Waals surface area contributed by atoms with Crippen LogP contribution in [0.1, 0.15) is 0 Å². The van der Waals surface area contributed by atoms with Gasteiger partial charge in [0.05, 0.1) is 11.8 Å². The Bertz CT molecular complexity index is 885. The van der Waals surface area contributed by atoms with Gasteiger partial charge in [0.2, 0.25) is 11.8 Å². The zero-order valence-corrected chi connectivity index (χ0v) is 16.1. The summed E-state index contributed by atoms with van der Waals surface area (Å²) >= 11 is 0. The van der Waals surface area contributed by atoms with Gasteiger partial charge in [-0.2, -0.15) is 0 Å². The molecule has 7 atom stereocenters. The highest BCUT2D eigenvalue weighted by Gasteiger charge is 2.62. The number of hydrogen-bond acceptors (Lipinski definition) is 5. The smallest absolute Gasteiger partial charge is 0.233 e. The third-order valence-corrected chi connectivity index (χ3v) is 7.21. The standard InChI is InChI=1S/C23H24N2O4/c26-22-20-16-7-8-17(15-6-5-14(15)16)21(20)23(27)25(22)10-9-24-11-13-12-28-18-3-1-2-4-19(18)29-13/h1-8,13-17,20-21,24H,9-12H2/t13?,14-,15+,16?,17?,20-,21+. The topological polar surface area (TPSA) is 67.9 Å². The van der Waals surface area contributed by atoms with E-state index in [9.17, 15) is 9.59 Å². The Kier molecular flexibility index (Phi) is 3.85. The normalized spacial score (nSPS) is 38.1. The number of carbonyl (C=O) groups is 2. The third-order valence-electron chi connectivity index (χ3n) is 7.21. The highest BCUT2D eigenvalue weighted by atomic mass is 16.6. The average molecular weight is 392 g/mol. The molecule has 0 aromatic heterocycles. The summed E-state index contributed by atoms with van der Waals surface area (Å²) in [7, 11) is 0. The molecule has 3 unspecified atom stereocenters. The summed E-state index contributed by atoms with van der Waals surface area (Å²) in [6.45, 7) is 2.07. The summed E-state index contributed by atoms with van der Waals surface area (Å²) in [4.78, 5) is 27.5. The molecule has 29 heavy (non-hydrogen) atoms. The molecule has 7 rings (SSSR count). The summed E-state index contributed by atoms with van der Waals surface area (Å²) < 4.78 is 11.7. The Morgan fingerprint density at radius 2 is 1.52 bits per heavy atom. The van der Waals surface area contributed by atoms with Gasteiger partial charge in [-0.25, -0.2) is 0 Å². The number of benzene rings is 1. The molecule has 1 saturated heterocycles. The molecular formula is C23H24N2O4. The molecule has 4 aliphatic carbocycles. The fourth-order valence-corrected chi connectivity index (χ4v) is 5.79. The summed E-state index contributed by atoms with van der Waals surface area (Å²) in [6.07, 6.45) is 8.71. The number of para-hydroxylation sites is 2. The molecule has 0 radical (unpaired) electrons. The van der Waals surface area contributed by atoms with E-state index in [4.69, 9.17) is 9.47 Å². The summed E-state index contributed by atoms with van der Waals surface area (Å²) in [5.41, 5.74) is 0. The number of imide groups is 1. The number of carbonyl (C=O) groups excluding carboxylic acids is 2. The number of hydrogen-bond donors (Lipinski definition) is 1. The van der Waals surface area contributed by atoms with Crippen molar-refractivity contribution in [2.45, 2.75) is 6.10 Å². The first-order chi connectivity index (χ1) is 14.2. The number of fused-ring (bicyclic) bond motifs is 1. The Labute approximate surface area is 169 Å². The maximum Gasteiger partial charge on any atom is 0.233 e. The fraction of sp³-hybridized carbons (Fsp3) is 0.478. The lowest BCUT2D eigenvalue weighted by Crippen LogP contribution is -2.50. The molecule has 1 aromatic carbocycles. The van der Waals surface area contributed by atoms with Gasteiger partial charge in [-0.05, 0) is 35.8 Å². The predicted molar refractivity (Wildman–Crippen MR) is 105 cm³/mol. The van der Waals surface area contributed by atoms with E-state index in [2.05, 4.69) is 29.6 Å². The highest BCUT2D eigenvalue weighted by molar-refractivity contribution is 6.06. The predicted octanol–water partition coefficient (Wildman–Crippen LogP) is 1.64. The molecule has 1 N–H and O–H groups in total. The minimum Gasteiger partial charge on any atom is -0.486 e. The molecule has 2 aliphatic heterocycles.